The molecule has 2 aromatic carbocycles. The highest BCUT2D eigenvalue weighted by atomic mass is 19.2. The summed E-state index contributed by atoms with van der Waals surface area (Å²) in [7, 11) is 0. The van der Waals surface area contributed by atoms with E-state index in [0.29, 0.717) is 5.56 Å². The number of halogens is 5. The number of esters is 1. The molecule has 0 atom stereocenters. The van der Waals surface area contributed by atoms with E-state index in [1.807, 2.05) is 0 Å². The van der Waals surface area contributed by atoms with Crippen LogP contribution in [0.25, 0.3) is 5.76 Å². The first-order valence-electron chi connectivity index (χ1n) is 5.82. The van der Waals surface area contributed by atoms with Gasteiger partial charge in [-0.3, -0.25) is 0 Å². The lowest BCUT2D eigenvalue weighted by atomic mass is 10.1. The molecule has 0 spiro atoms. The number of rotatable bonds is 3. The number of hydrogen-bond donors (Lipinski definition) is 0. The summed E-state index contributed by atoms with van der Waals surface area (Å²) in [5.74, 6) is -13.4. The maximum Gasteiger partial charge on any atom is 0.349 e. The average molecular weight is 314 g/mol. The van der Waals surface area contributed by atoms with E-state index in [-0.39, 0.29) is 5.76 Å². The van der Waals surface area contributed by atoms with Gasteiger partial charge >= 0.3 is 5.97 Å². The van der Waals surface area contributed by atoms with Crippen molar-refractivity contribution in [1.82, 2.24) is 0 Å². The minimum Gasteiger partial charge on any atom is -0.423 e. The van der Waals surface area contributed by atoms with E-state index < -0.39 is 40.6 Å². The van der Waals surface area contributed by atoms with Gasteiger partial charge in [0.15, 0.2) is 23.3 Å². The number of benzene rings is 2. The Bertz CT molecular complexity index is 727. The van der Waals surface area contributed by atoms with Crippen molar-refractivity contribution in [2.24, 2.45) is 0 Å². The molecule has 0 radical (unpaired) electrons. The normalized spacial score (nSPS) is 10.4. The zero-order valence-electron chi connectivity index (χ0n) is 10.8. The summed E-state index contributed by atoms with van der Waals surface area (Å²) in [5.41, 5.74) is -1.37. The number of ether oxygens (including phenoxy) is 1. The van der Waals surface area contributed by atoms with Crippen molar-refractivity contribution < 1.29 is 31.5 Å². The molecule has 0 N–H and O–H groups in total. The van der Waals surface area contributed by atoms with Gasteiger partial charge < -0.3 is 4.74 Å². The fraction of sp³-hybridized carbons (Fsp3) is 0. The zero-order chi connectivity index (χ0) is 16.4. The standard InChI is InChI=1S/C15H7F5O2/c1-7(8-5-3-2-4-6-8)22-15(21)9-10(16)12(18)14(20)13(19)11(9)17/h2-6H,1H2. The summed E-state index contributed by atoms with van der Waals surface area (Å²) < 4.78 is 70.4. The van der Waals surface area contributed by atoms with E-state index in [1.54, 1.807) is 18.2 Å². The molecule has 0 aromatic heterocycles. The molecule has 2 rings (SSSR count). The van der Waals surface area contributed by atoms with E-state index in [9.17, 15) is 26.7 Å². The third-order valence-electron chi connectivity index (χ3n) is 2.73. The Morgan fingerprint density at radius 1 is 0.818 bits per heavy atom. The molecule has 0 saturated carbocycles. The van der Waals surface area contributed by atoms with Crippen molar-refractivity contribution in [1.29, 1.82) is 0 Å². The van der Waals surface area contributed by atoms with E-state index >= 15 is 0 Å². The van der Waals surface area contributed by atoms with Gasteiger partial charge in [0, 0.05) is 5.56 Å². The van der Waals surface area contributed by atoms with Gasteiger partial charge in [0.25, 0.3) is 0 Å². The summed E-state index contributed by atoms with van der Waals surface area (Å²) >= 11 is 0. The van der Waals surface area contributed by atoms with Gasteiger partial charge in [-0.25, -0.2) is 26.7 Å². The van der Waals surface area contributed by atoms with Gasteiger partial charge in [0.05, 0.1) is 0 Å². The predicted octanol–water partition coefficient (Wildman–Crippen LogP) is 4.21. The highest BCUT2D eigenvalue weighted by Crippen LogP contribution is 2.25. The quantitative estimate of drug-likeness (QED) is 0.279. The Kier molecular flexibility index (Phi) is 4.25. The maximum absolute atomic E-state index is 13.5. The molecule has 0 aliphatic rings. The smallest absolute Gasteiger partial charge is 0.349 e. The Hall–Kier alpha value is -2.70. The summed E-state index contributed by atoms with van der Waals surface area (Å²) in [6.45, 7) is 3.36. The van der Waals surface area contributed by atoms with E-state index in [2.05, 4.69) is 11.3 Å². The number of carbonyl (C=O) groups excluding carboxylic acids is 1. The molecule has 0 heterocycles. The highest BCUT2D eigenvalue weighted by molar-refractivity contribution is 5.93. The minimum absolute atomic E-state index is 0.297. The Balaban J connectivity index is 2.37. The van der Waals surface area contributed by atoms with E-state index in [0.717, 1.165) is 0 Å². The van der Waals surface area contributed by atoms with Crippen LogP contribution in [0, 0.1) is 29.1 Å². The minimum atomic E-state index is -2.35. The van der Waals surface area contributed by atoms with Crippen molar-refractivity contribution in [3.05, 3.63) is 77.1 Å². The molecule has 0 aliphatic carbocycles. The maximum atomic E-state index is 13.5. The van der Waals surface area contributed by atoms with Gasteiger partial charge in [-0.1, -0.05) is 36.9 Å². The van der Waals surface area contributed by atoms with Crippen LogP contribution in [0.4, 0.5) is 22.0 Å². The van der Waals surface area contributed by atoms with Crippen molar-refractivity contribution in [3.63, 3.8) is 0 Å². The lowest BCUT2D eigenvalue weighted by Crippen LogP contribution is -2.14. The molecule has 0 aliphatic heterocycles. The second-order valence-corrected chi connectivity index (χ2v) is 4.12. The van der Waals surface area contributed by atoms with E-state index in [1.165, 1.54) is 12.1 Å². The van der Waals surface area contributed by atoms with Crippen LogP contribution >= 0.6 is 0 Å². The molecule has 7 heteroatoms. The second kappa shape index (κ2) is 5.97. The van der Waals surface area contributed by atoms with Crippen molar-refractivity contribution in [3.8, 4) is 0 Å². The fourth-order valence-corrected chi connectivity index (χ4v) is 1.63. The van der Waals surface area contributed by atoms with Crippen LogP contribution in [0.5, 0.6) is 0 Å². The van der Waals surface area contributed by atoms with Gasteiger partial charge in [-0.2, -0.15) is 0 Å². The second-order valence-electron chi connectivity index (χ2n) is 4.12. The van der Waals surface area contributed by atoms with Crippen LogP contribution in [0.15, 0.2) is 36.9 Å². The molecule has 2 nitrogen and oxygen atoms in total. The van der Waals surface area contributed by atoms with Gasteiger partial charge in [-0.05, 0) is 0 Å². The summed E-state index contributed by atoms with van der Waals surface area (Å²) in [5, 5.41) is 0. The Labute approximate surface area is 121 Å². The zero-order valence-corrected chi connectivity index (χ0v) is 10.8. The van der Waals surface area contributed by atoms with Crippen LogP contribution in [0.3, 0.4) is 0 Å². The van der Waals surface area contributed by atoms with Gasteiger partial charge in [0.1, 0.15) is 11.3 Å². The molecule has 0 unspecified atom stereocenters. The molecule has 0 amide bonds. The molecule has 22 heavy (non-hydrogen) atoms. The Morgan fingerprint density at radius 2 is 1.27 bits per heavy atom. The number of carbonyl (C=O) groups is 1. The molecule has 0 fully saturated rings. The van der Waals surface area contributed by atoms with Crippen LogP contribution in [0.2, 0.25) is 0 Å². The fourth-order valence-electron chi connectivity index (χ4n) is 1.63. The SMILES string of the molecule is C=C(OC(=O)c1c(F)c(F)c(F)c(F)c1F)c1ccccc1. The summed E-state index contributed by atoms with van der Waals surface area (Å²) in [4.78, 5) is 11.7. The predicted molar refractivity (Wildman–Crippen MR) is 67.1 cm³/mol. The van der Waals surface area contributed by atoms with Crippen LogP contribution in [-0.2, 0) is 4.74 Å². The molecule has 0 bridgehead atoms. The highest BCUT2D eigenvalue weighted by Gasteiger charge is 2.31. The molecule has 2 aromatic rings. The molecular formula is C15H7F5O2. The lowest BCUT2D eigenvalue weighted by Gasteiger charge is -2.10. The lowest BCUT2D eigenvalue weighted by molar-refractivity contribution is 0.0678. The van der Waals surface area contributed by atoms with Crippen LogP contribution in [-0.4, -0.2) is 5.97 Å². The molecule has 114 valence electrons. The van der Waals surface area contributed by atoms with Crippen LogP contribution in [0.1, 0.15) is 15.9 Å². The van der Waals surface area contributed by atoms with E-state index in [4.69, 9.17) is 0 Å². The third kappa shape index (κ3) is 2.69. The van der Waals surface area contributed by atoms with Crippen molar-refractivity contribution in [2.45, 2.75) is 0 Å². The van der Waals surface area contributed by atoms with Crippen molar-refractivity contribution in [2.75, 3.05) is 0 Å². The van der Waals surface area contributed by atoms with Crippen molar-refractivity contribution >= 4 is 11.7 Å². The van der Waals surface area contributed by atoms with Gasteiger partial charge in [-0.15, -0.1) is 0 Å². The summed E-state index contributed by atoms with van der Waals surface area (Å²) in [6, 6.07) is 7.77. The monoisotopic (exact) mass is 314 g/mol. The van der Waals surface area contributed by atoms with Gasteiger partial charge in [0.2, 0.25) is 5.82 Å². The first-order valence-corrected chi connectivity index (χ1v) is 5.82. The molecule has 0 saturated heterocycles. The summed E-state index contributed by atoms with van der Waals surface area (Å²) in [6.07, 6.45) is 0. The number of hydrogen-bond acceptors (Lipinski definition) is 2. The first kappa shape index (κ1) is 15.7. The molecular weight excluding hydrogens is 307 g/mol. The average Bonchev–Trinajstić information content (AvgIpc) is 2.52. The van der Waals surface area contributed by atoms with Crippen LogP contribution < -0.4 is 0 Å². The Morgan fingerprint density at radius 3 is 1.77 bits per heavy atom. The topological polar surface area (TPSA) is 26.3 Å². The largest absolute Gasteiger partial charge is 0.423 e. The third-order valence-corrected chi connectivity index (χ3v) is 2.73. The first-order chi connectivity index (χ1) is 10.3.